The zero-order chi connectivity index (χ0) is 14.1. The van der Waals surface area contributed by atoms with Crippen molar-refractivity contribution in [2.45, 2.75) is 13.5 Å². The number of carbonyl (C=O) groups excluding carboxylic acids is 2. The molecule has 2 amide bonds. The second-order valence-corrected chi connectivity index (χ2v) is 3.82. The number of hydrogen-bond donors (Lipinski definition) is 3. The molecular formula is C13H19N3O3. The standard InChI is InChI=1S/C13H19N3O3/c1-2-19-12(17)11-5-3-4-10(8-11)9-16-13(18)15-7-6-14/h3-5,8H,2,6-7,9,14H2,1H3,(H2,15,16,18). The fourth-order valence-electron chi connectivity index (χ4n) is 1.45. The topological polar surface area (TPSA) is 93.4 Å². The average Bonchev–Trinajstić information content (AvgIpc) is 2.43. The Morgan fingerprint density at radius 3 is 2.79 bits per heavy atom. The minimum atomic E-state index is -0.364. The summed E-state index contributed by atoms with van der Waals surface area (Å²) >= 11 is 0. The Bertz CT molecular complexity index is 435. The van der Waals surface area contributed by atoms with Crippen LogP contribution in [0.1, 0.15) is 22.8 Å². The van der Waals surface area contributed by atoms with Crippen molar-refractivity contribution in [1.82, 2.24) is 10.6 Å². The molecule has 0 bridgehead atoms. The maximum atomic E-state index is 11.5. The molecule has 0 atom stereocenters. The summed E-state index contributed by atoms with van der Waals surface area (Å²) in [4.78, 5) is 22.9. The van der Waals surface area contributed by atoms with Gasteiger partial charge < -0.3 is 21.1 Å². The molecule has 6 heteroatoms. The number of benzene rings is 1. The molecule has 104 valence electrons. The van der Waals surface area contributed by atoms with Crippen molar-refractivity contribution < 1.29 is 14.3 Å². The van der Waals surface area contributed by atoms with Crippen LogP contribution in [0.3, 0.4) is 0 Å². The predicted molar refractivity (Wildman–Crippen MR) is 71.7 cm³/mol. The minimum absolute atomic E-state index is 0.285. The van der Waals surface area contributed by atoms with Gasteiger partial charge in [0.1, 0.15) is 0 Å². The van der Waals surface area contributed by atoms with Crippen LogP contribution in [0.4, 0.5) is 4.79 Å². The molecule has 1 aromatic rings. The smallest absolute Gasteiger partial charge is 0.338 e. The average molecular weight is 265 g/mol. The minimum Gasteiger partial charge on any atom is -0.462 e. The van der Waals surface area contributed by atoms with E-state index in [0.717, 1.165) is 5.56 Å². The second-order valence-electron chi connectivity index (χ2n) is 3.82. The highest BCUT2D eigenvalue weighted by Crippen LogP contribution is 2.06. The Morgan fingerprint density at radius 1 is 1.32 bits per heavy atom. The van der Waals surface area contributed by atoms with Crippen LogP contribution in [0.25, 0.3) is 0 Å². The van der Waals surface area contributed by atoms with Gasteiger partial charge in [-0.05, 0) is 24.6 Å². The summed E-state index contributed by atoms with van der Waals surface area (Å²) in [7, 11) is 0. The monoisotopic (exact) mass is 265 g/mol. The van der Waals surface area contributed by atoms with Gasteiger partial charge in [0, 0.05) is 19.6 Å². The van der Waals surface area contributed by atoms with Gasteiger partial charge in [-0.3, -0.25) is 0 Å². The largest absolute Gasteiger partial charge is 0.462 e. The lowest BCUT2D eigenvalue weighted by Crippen LogP contribution is -2.37. The maximum absolute atomic E-state index is 11.5. The van der Waals surface area contributed by atoms with Gasteiger partial charge in [-0.15, -0.1) is 0 Å². The van der Waals surface area contributed by atoms with Crippen molar-refractivity contribution >= 4 is 12.0 Å². The van der Waals surface area contributed by atoms with Crippen LogP contribution >= 0.6 is 0 Å². The highest BCUT2D eigenvalue weighted by Gasteiger charge is 2.07. The summed E-state index contributed by atoms with van der Waals surface area (Å²) in [6, 6.07) is 6.66. The third-order valence-corrected chi connectivity index (χ3v) is 2.32. The molecule has 19 heavy (non-hydrogen) atoms. The van der Waals surface area contributed by atoms with Gasteiger partial charge in [0.05, 0.1) is 12.2 Å². The highest BCUT2D eigenvalue weighted by molar-refractivity contribution is 5.89. The van der Waals surface area contributed by atoms with E-state index in [0.29, 0.717) is 31.8 Å². The van der Waals surface area contributed by atoms with Gasteiger partial charge in [0.25, 0.3) is 0 Å². The molecule has 1 rings (SSSR count). The lowest BCUT2D eigenvalue weighted by atomic mass is 10.1. The summed E-state index contributed by atoms with van der Waals surface area (Å²) < 4.78 is 4.91. The fourth-order valence-corrected chi connectivity index (χ4v) is 1.45. The van der Waals surface area contributed by atoms with Crippen molar-refractivity contribution in [3.05, 3.63) is 35.4 Å². The SMILES string of the molecule is CCOC(=O)c1cccc(CNC(=O)NCCN)c1. The van der Waals surface area contributed by atoms with Gasteiger partial charge in [-0.1, -0.05) is 12.1 Å². The molecular weight excluding hydrogens is 246 g/mol. The molecule has 0 unspecified atom stereocenters. The summed E-state index contributed by atoms with van der Waals surface area (Å²) in [5.41, 5.74) is 6.57. The third-order valence-electron chi connectivity index (χ3n) is 2.32. The van der Waals surface area contributed by atoms with Crippen LogP contribution < -0.4 is 16.4 Å². The number of urea groups is 1. The number of amides is 2. The Kier molecular flexibility index (Phi) is 6.38. The quantitative estimate of drug-likeness (QED) is 0.657. The van der Waals surface area contributed by atoms with Gasteiger partial charge in [0.15, 0.2) is 0 Å². The van der Waals surface area contributed by atoms with E-state index in [-0.39, 0.29) is 12.0 Å². The van der Waals surface area contributed by atoms with Crippen LogP contribution in [-0.4, -0.2) is 31.7 Å². The van der Waals surface area contributed by atoms with Gasteiger partial charge in [-0.25, -0.2) is 9.59 Å². The van der Waals surface area contributed by atoms with Crippen LogP contribution in [0.2, 0.25) is 0 Å². The van der Waals surface area contributed by atoms with E-state index < -0.39 is 0 Å². The lowest BCUT2D eigenvalue weighted by Gasteiger charge is -2.08. The molecule has 0 aliphatic rings. The first-order valence-corrected chi connectivity index (χ1v) is 6.15. The van der Waals surface area contributed by atoms with Crippen molar-refractivity contribution in [3.8, 4) is 0 Å². The predicted octanol–water partition coefficient (Wildman–Crippen LogP) is 0.621. The second kappa shape index (κ2) is 8.10. The van der Waals surface area contributed by atoms with E-state index in [9.17, 15) is 9.59 Å². The number of ether oxygens (including phenoxy) is 1. The Hall–Kier alpha value is -2.08. The molecule has 0 saturated heterocycles. The van der Waals surface area contributed by atoms with E-state index in [1.165, 1.54) is 0 Å². The molecule has 0 aliphatic carbocycles. The van der Waals surface area contributed by atoms with E-state index in [1.807, 2.05) is 6.07 Å². The zero-order valence-electron chi connectivity index (χ0n) is 10.9. The van der Waals surface area contributed by atoms with Crippen LogP contribution in [0.15, 0.2) is 24.3 Å². The van der Waals surface area contributed by atoms with Crippen LogP contribution in [0, 0.1) is 0 Å². The maximum Gasteiger partial charge on any atom is 0.338 e. The third kappa shape index (κ3) is 5.39. The molecule has 0 fully saturated rings. The van der Waals surface area contributed by atoms with E-state index in [4.69, 9.17) is 10.5 Å². The zero-order valence-corrected chi connectivity index (χ0v) is 10.9. The van der Waals surface area contributed by atoms with Crippen LogP contribution in [0.5, 0.6) is 0 Å². The normalized spacial score (nSPS) is 9.79. The number of carbonyl (C=O) groups is 2. The van der Waals surface area contributed by atoms with Crippen molar-refractivity contribution in [2.24, 2.45) is 5.73 Å². The van der Waals surface area contributed by atoms with Crippen molar-refractivity contribution in [1.29, 1.82) is 0 Å². The first-order chi connectivity index (χ1) is 9.17. The first-order valence-electron chi connectivity index (χ1n) is 6.15. The summed E-state index contributed by atoms with van der Waals surface area (Å²) in [5, 5.41) is 5.27. The number of rotatable bonds is 6. The number of hydrogen-bond acceptors (Lipinski definition) is 4. The first kappa shape index (κ1) is 15.0. The number of nitrogens with one attached hydrogen (secondary N) is 2. The van der Waals surface area contributed by atoms with E-state index >= 15 is 0 Å². The van der Waals surface area contributed by atoms with Gasteiger partial charge in [-0.2, -0.15) is 0 Å². The van der Waals surface area contributed by atoms with Gasteiger partial charge >= 0.3 is 12.0 Å². The molecule has 0 saturated carbocycles. The molecule has 4 N–H and O–H groups in total. The van der Waals surface area contributed by atoms with Crippen molar-refractivity contribution in [3.63, 3.8) is 0 Å². The summed E-state index contributed by atoms with van der Waals surface area (Å²) in [6.45, 7) is 3.25. The molecule has 0 aliphatic heterocycles. The highest BCUT2D eigenvalue weighted by atomic mass is 16.5. The van der Waals surface area contributed by atoms with E-state index in [2.05, 4.69) is 10.6 Å². The summed E-state index contributed by atoms with van der Waals surface area (Å²) in [5.74, 6) is -0.364. The Balaban J connectivity index is 2.52. The fraction of sp³-hybridized carbons (Fsp3) is 0.385. The molecule has 1 aromatic carbocycles. The van der Waals surface area contributed by atoms with Gasteiger partial charge in [0.2, 0.25) is 0 Å². The van der Waals surface area contributed by atoms with Crippen molar-refractivity contribution in [2.75, 3.05) is 19.7 Å². The number of esters is 1. The van der Waals surface area contributed by atoms with E-state index in [1.54, 1.807) is 25.1 Å². The number of nitrogens with two attached hydrogens (primary N) is 1. The lowest BCUT2D eigenvalue weighted by molar-refractivity contribution is 0.0526. The Labute approximate surface area is 112 Å². The molecule has 0 aromatic heterocycles. The molecule has 0 spiro atoms. The molecule has 0 radical (unpaired) electrons. The summed E-state index contributed by atoms with van der Waals surface area (Å²) in [6.07, 6.45) is 0. The molecule has 0 heterocycles. The Morgan fingerprint density at radius 2 is 2.11 bits per heavy atom. The van der Waals surface area contributed by atoms with Crippen LogP contribution in [-0.2, 0) is 11.3 Å². The molecule has 6 nitrogen and oxygen atoms in total.